The van der Waals surface area contributed by atoms with Crippen LogP contribution in [0.4, 0.5) is 4.39 Å². The van der Waals surface area contributed by atoms with Crippen molar-refractivity contribution in [1.82, 2.24) is 10.2 Å². The number of rotatable bonds is 6. The standard InChI is InChI=1S/C16H22FN3O2S/c1-11(15(22)18-8-9-19(2)3)20-14(21)10-23-16(20)12-6-4-5-7-13(12)17/h4-7,11,16H,8-10H2,1-3H3,(H,18,22)/p+1/t11-,16-/m0/s1. The highest BCUT2D eigenvalue weighted by Crippen LogP contribution is 2.40. The Morgan fingerprint density at radius 1 is 1.48 bits per heavy atom. The molecule has 5 nitrogen and oxygen atoms in total. The summed E-state index contributed by atoms with van der Waals surface area (Å²) in [6.07, 6.45) is 0. The summed E-state index contributed by atoms with van der Waals surface area (Å²) >= 11 is 1.35. The summed E-state index contributed by atoms with van der Waals surface area (Å²) in [5.41, 5.74) is 0.445. The smallest absolute Gasteiger partial charge is 0.242 e. The number of quaternary nitrogens is 1. The lowest BCUT2D eigenvalue weighted by atomic mass is 10.1. The SMILES string of the molecule is C[C@@H](C(=O)NCC[NH+](C)C)N1C(=O)CS[C@H]1c1ccccc1F. The van der Waals surface area contributed by atoms with Gasteiger partial charge in [-0.2, -0.15) is 0 Å². The van der Waals surface area contributed by atoms with Gasteiger partial charge in [0.1, 0.15) is 17.2 Å². The summed E-state index contributed by atoms with van der Waals surface area (Å²) in [6.45, 7) is 3.04. The molecule has 0 saturated carbocycles. The number of nitrogens with zero attached hydrogens (tertiary/aromatic N) is 1. The Labute approximate surface area is 140 Å². The van der Waals surface area contributed by atoms with Crippen LogP contribution < -0.4 is 10.2 Å². The van der Waals surface area contributed by atoms with E-state index in [0.717, 1.165) is 6.54 Å². The summed E-state index contributed by atoms with van der Waals surface area (Å²) in [7, 11) is 4.01. The second-order valence-electron chi connectivity index (χ2n) is 5.91. The summed E-state index contributed by atoms with van der Waals surface area (Å²) in [6, 6.07) is 5.77. The fraction of sp³-hybridized carbons (Fsp3) is 0.500. The van der Waals surface area contributed by atoms with Gasteiger partial charge in [0.2, 0.25) is 11.8 Å². The molecule has 2 rings (SSSR count). The van der Waals surface area contributed by atoms with Crippen LogP contribution >= 0.6 is 11.8 Å². The number of carbonyl (C=O) groups excluding carboxylic acids is 2. The van der Waals surface area contributed by atoms with Gasteiger partial charge in [0.05, 0.1) is 32.9 Å². The van der Waals surface area contributed by atoms with Gasteiger partial charge in [0, 0.05) is 5.56 Å². The first-order valence-electron chi connectivity index (χ1n) is 7.65. The fourth-order valence-electron chi connectivity index (χ4n) is 2.48. The van der Waals surface area contributed by atoms with Crippen molar-refractivity contribution in [2.45, 2.75) is 18.3 Å². The molecule has 0 spiro atoms. The number of halogens is 1. The highest BCUT2D eigenvalue weighted by atomic mass is 32.2. The van der Waals surface area contributed by atoms with Gasteiger partial charge in [-0.05, 0) is 13.0 Å². The first-order chi connectivity index (χ1) is 10.9. The minimum Gasteiger partial charge on any atom is -0.349 e. The van der Waals surface area contributed by atoms with Gasteiger partial charge in [0.25, 0.3) is 0 Å². The van der Waals surface area contributed by atoms with Gasteiger partial charge in [0.15, 0.2) is 0 Å². The molecule has 1 saturated heterocycles. The van der Waals surface area contributed by atoms with Crippen LogP contribution in [0.15, 0.2) is 24.3 Å². The molecule has 0 aliphatic carbocycles. The van der Waals surface area contributed by atoms with Crippen LogP contribution in [-0.2, 0) is 9.59 Å². The van der Waals surface area contributed by atoms with E-state index >= 15 is 0 Å². The molecule has 0 unspecified atom stereocenters. The van der Waals surface area contributed by atoms with E-state index in [-0.39, 0.29) is 23.4 Å². The van der Waals surface area contributed by atoms with Gasteiger partial charge < -0.3 is 15.1 Å². The molecular formula is C16H23FN3O2S+. The Kier molecular flexibility index (Phi) is 6.01. The van der Waals surface area contributed by atoms with Gasteiger partial charge in [-0.1, -0.05) is 18.2 Å². The van der Waals surface area contributed by atoms with Crippen molar-refractivity contribution < 1.29 is 18.9 Å². The number of nitrogens with one attached hydrogen (secondary N) is 2. The van der Waals surface area contributed by atoms with Crippen molar-refractivity contribution >= 4 is 23.6 Å². The molecule has 1 heterocycles. The summed E-state index contributed by atoms with van der Waals surface area (Å²) < 4.78 is 14.0. The lowest BCUT2D eigenvalue weighted by molar-refractivity contribution is -0.856. The molecular weight excluding hydrogens is 317 g/mol. The second-order valence-corrected chi connectivity index (χ2v) is 6.98. The molecule has 23 heavy (non-hydrogen) atoms. The third kappa shape index (κ3) is 4.23. The monoisotopic (exact) mass is 340 g/mol. The molecule has 0 bridgehead atoms. The third-order valence-corrected chi connectivity index (χ3v) is 5.01. The average Bonchev–Trinajstić information content (AvgIpc) is 2.88. The Balaban J connectivity index is 2.10. The van der Waals surface area contributed by atoms with Crippen molar-refractivity contribution in [2.75, 3.05) is 32.9 Å². The van der Waals surface area contributed by atoms with Gasteiger partial charge in [-0.3, -0.25) is 9.59 Å². The lowest BCUT2D eigenvalue weighted by Gasteiger charge is -2.29. The molecule has 1 aromatic carbocycles. The van der Waals surface area contributed by atoms with Crippen LogP contribution in [0.2, 0.25) is 0 Å². The number of amides is 2. The first kappa shape index (κ1) is 17.7. The maximum atomic E-state index is 14.0. The predicted molar refractivity (Wildman–Crippen MR) is 88.6 cm³/mol. The molecule has 2 N–H and O–H groups in total. The minimum absolute atomic E-state index is 0.135. The van der Waals surface area contributed by atoms with Gasteiger partial charge in [-0.25, -0.2) is 4.39 Å². The van der Waals surface area contributed by atoms with E-state index in [0.29, 0.717) is 12.1 Å². The molecule has 7 heteroatoms. The molecule has 1 aliphatic rings. The Morgan fingerprint density at radius 2 is 2.17 bits per heavy atom. The molecule has 0 radical (unpaired) electrons. The number of carbonyl (C=O) groups is 2. The topological polar surface area (TPSA) is 53.9 Å². The Bertz CT molecular complexity index is 582. The zero-order chi connectivity index (χ0) is 17.0. The van der Waals surface area contributed by atoms with E-state index < -0.39 is 11.4 Å². The van der Waals surface area contributed by atoms with Crippen LogP contribution in [0.5, 0.6) is 0 Å². The van der Waals surface area contributed by atoms with Crippen molar-refractivity contribution in [3.63, 3.8) is 0 Å². The molecule has 1 aliphatic heterocycles. The largest absolute Gasteiger partial charge is 0.349 e. The normalized spacial score (nSPS) is 19.3. The van der Waals surface area contributed by atoms with Gasteiger partial charge >= 0.3 is 0 Å². The number of hydrogen-bond acceptors (Lipinski definition) is 3. The zero-order valence-electron chi connectivity index (χ0n) is 13.6. The lowest BCUT2D eigenvalue weighted by Crippen LogP contribution is -3.06. The van der Waals surface area contributed by atoms with Crippen molar-refractivity contribution in [1.29, 1.82) is 0 Å². The van der Waals surface area contributed by atoms with Crippen LogP contribution in [0.1, 0.15) is 17.9 Å². The molecule has 126 valence electrons. The molecule has 1 aromatic rings. The van der Waals surface area contributed by atoms with E-state index in [1.165, 1.54) is 27.6 Å². The van der Waals surface area contributed by atoms with E-state index in [1.54, 1.807) is 25.1 Å². The minimum atomic E-state index is -0.626. The van der Waals surface area contributed by atoms with Crippen LogP contribution in [0.25, 0.3) is 0 Å². The van der Waals surface area contributed by atoms with Crippen molar-refractivity contribution in [3.05, 3.63) is 35.6 Å². The van der Waals surface area contributed by atoms with Gasteiger partial charge in [-0.15, -0.1) is 11.8 Å². The summed E-state index contributed by atoms with van der Waals surface area (Å²) in [5, 5.41) is 2.39. The highest BCUT2D eigenvalue weighted by Gasteiger charge is 2.39. The zero-order valence-corrected chi connectivity index (χ0v) is 14.5. The molecule has 2 amide bonds. The van der Waals surface area contributed by atoms with E-state index in [1.807, 2.05) is 14.1 Å². The molecule has 2 atom stereocenters. The Morgan fingerprint density at radius 3 is 2.83 bits per heavy atom. The maximum Gasteiger partial charge on any atom is 0.242 e. The van der Waals surface area contributed by atoms with Crippen LogP contribution in [0, 0.1) is 5.82 Å². The second kappa shape index (κ2) is 7.79. The third-order valence-electron chi connectivity index (χ3n) is 3.80. The number of benzene rings is 1. The maximum absolute atomic E-state index is 14.0. The summed E-state index contributed by atoms with van der Waals surface area (Å²) in [4.78, 5) is 27.2. The molecule has 0 aromatic heterocycles. The predicted octanol–water partition coefficient (Wildman–Crippen LogP) is 0.0489. The average molecular weight is 340 g/mol. The summed E-state index contributed by atoms with van der Waals surface area (Å²) in [5.74, 6) is -0.431. The van der Waals surface area contributed by atoms with E-state index in [4.69, 9.17) is 0 Å². The quantitative estimate of drug-likeness (QED) is 0.769. The highest BCUT2D eigenvalue weighted by molar-refractivity contribution is 8.00. The number of likely N-dealkylation sites (N-methyl/N-ethyl adjacent to an activating group) is 1. The van der Waals surface area contributed by atoms with Crippen LogP contribution in [0.3, 0.4) is 0 Å². The van der Waals surface area contributed by atoms with Crippen LogP contribution in [-0.4, -0.2) is 55.7 Å². The number of hydrogen-bond donors (Lipinski definition) is 2. The van der Waals surface area contributed by atoms with Crippen molar-refractivity contribution in [2.24, 2.45) is 0 Å². The number of thioether (sulfide) groups is 1. The van der Waals surface area contributed by atoms with E-state index in [2.05, 4.69) is 5.32 Å². The first-order valence-corrected chi connectivity index (χ1v) is 8.70. The van der Waals surface area contributed by atoms with Crippen molar-refractivity contribution in [3.8, 4) is 0 Å². The fourth-order valence-corrected chi connectivity index (χ4v) is 3.76. The Hall–Kier alpha value is -1.60. The van der Waals surface area contributed by atoms with E-state index in [9.17, 15) is 14.0 Å². The molecule has 1 fully saturated rings.